The second-order valence-electron chi connectivity index (χ2n) is 19.7. The molecule has 0 aromatic rings. The Balaban J connectivity index is 3.44. The fourth-order valence-corrected chi connectivity index (χ4v) is 9.18. The van der Waals surface area contributed by atoms with E-state index in [-0.39, 0.29) is 12.5 Å². The van der Waals surface area contributed by atoms with Crippen molar-refractivity contribution in [1.82, 2.24) is 5.32 Å². The van der Waals surface area contributed by atoms with Gasteiger partial charge in [-0.1, -0.05) is 315 Å². The van der Waals surface area contributed by atoms with Crippen molar-refractivity contribution in [3.05, 3.63) is 12.2 Å². The molecule has 0 spiro atoms. The zero-order valence-corrected chi connectivity index (χ0v) is 42.0. The quantitative estimate of drug-likeness (QED) is 0.0421. The predicted molar refractivity (Wildman–Crippen MR) is 272 cm³/mol. The summed E-state index contributed by atoms with van der Waals surface area (Å²) < 4.78 is 0. The largest absolute Gasteiger partial charge is 0.394 e. The van der Waals surface area contributed by atoms with Crippen LogP contribution in [0.1, 0.15) is 328 Å². The Bertz CT molecular complexity index is 844. The summed E-state index contributed by atoms with van der Waals surface area (Å²) in [6.07, 6.45) is 69.5. The number of aliphatic hydroxyl groups is 2. The Labute approximate surface area is 384 Å². The van der Waals surface area contributed by atoms with E-state index in [4.69, 9.17) is 0 Å². The monoisotopic (exact) mass is 860 g/mol. The van der Waals surface area contributed by atoms with Crippen molar-refractivity contribution in [2.24, 2.45) is 0 Å². The molecule has 0 bridgehead atoms. The molecule has 4 heteroatoms. The highest BCUT2D eigenvalue weighted by atomic mass is 16.3. The third-order valence-corrected chi connectivity index (χ3v) is 13.5. The minimum Gasteiger partial charge on any atom is -0.394 e. The topological polar surface area (TPSA) is 69.6 Å². The third-order valence-electron chi connectivity index (χ3n) is 13.5. The minimum absolute atomic E-state index is 0.0558. The molecule has 3 N–H and O–H groups in total. The maximum atomic E-state index is 12.5. The summed E-state index contributed by atoms with van der Waals surface area (Å²) in [5.41, 5.74) is 0. The number of amides is 1. The van der Waals surface area contributed by atoms with Crippen LogP contribution in [0.15, 0.2) is 12.2 Å². The van der Waals surface area contributed by atoms with Crippen LogP contribution in [0.2, 0.25) is 0 Å². The molecule has 4 nitrogen and oxygen atoms in total. The molecule has 0 aliphatic rings. The predicted octanol–water partition coefficient (Wildman–Crippen LogP) is 18.5. The van der Waals surface area contributed by atoms with Gasteiger partial charge in [0, 0.05) is 6.42 Å². The lowest BCUT2D eigenvalue weighted by molar-refractivity contribution is -0.123. The standard InChI is InChI=1S/C57H113NO3/c1-3-5-7-9-11-13-15-17-19-21-23-25-26-27-28-29-30-31-33-34-36-38-40-42-44-46-48-50-52-56(60)55(54-59)58-57(61)53-51-49-47-45-43-41-39-37-35-32-24-22-20-18-16-14-12-10-8-6-4-2/h50,52,55-56,59-60H,3-49,51,53-54H2,1-2H3,(H,58,61)/b52-50+. The average molecular weight is 861 g/mol. The number of hydrogen-bond acceptors (Lipinski definition) is 3. The molecule has 0 fully saturated rings. The average Bonchev–Trinajstić information content (AvgIpc) is 3.26. The normalized spacial score (nSPS) is 12.8. The van der Waals surface area contributed by atoms with Gasteiger partial charge in [0.25, 0.3) is 0 Å². The number of hydrogen-bond donors (Lipinski definition) is 3. The van der Waals surface area contributed by atoms with Crippen molar-refractivity contribution in [1.29, 1.82) is 0 Å². The molecule has 0 rings (SSSR count). The van der Waals surface area contributed by atoms with Crippen LogP contribution in [0.25, 0.3) is 0 Å². The highest BCUT2D eigenvalue weighted by Crippen LogP contribution is 2.18. The van der Waals surface area contributed by atoms with Gasteiger partial charge < -0.3 is 15.5 Å². The molecule has 61 heavy (non-hydrogen) atoms. The lowest BCUT2D eigenvalue weighted by atomic mass is 10.0. The van der Waals surface area contributed by atoms with Gasteiger partial charge in [0.2, 0.25) is 5.91 Å². The first-order valence-electron chi connectivity index (χ1n) is 28.4. The van der Waals surface area contributed by atoms with Crippen LogP contribution < -0.4 is 5.32 Å². The van der Waals surface area contributed by atoms with E-state index in [9.17, 15) is 15.0 Å². The van der Waals surface area contributed by atoms with Crippen LogP contribution in [-0.2, 0) is 4.79 Å². The maximum Gasteiger partial charge on any atom is 0.220 e. The molecule has 364 valence electrons. The molecule has 0 aromatic heterocycles. The second kappa shape index (κ2) is 53.5. The van der Waals surface area contributed by atoms with Crippen LogP contribution in [-0.4, -0.2) is 34.9 Å². The first-order valence-corrected chi connectivity index (χ1v) is 28.4. The van der Waals surface area contributed by atoms with Crippen LogP contribution in [0.5, 0.6) is 0 Å². The molecule has 0 heterocycles. The van der Waals surface area contributed by atoms with E-state index < -0.39 is 12.1 Å². The summed E-state index contributed by atoms with van der Waals surface area (Å²) in [7, 11) is 0. The summed E-state index contributed by atoms with van der Waals surface area (Å²) in [4.78, 5) is 12.5. The van der Waals surface area contributed by atoms with Gasteiger partial charge in [-0.25, -0.2) is 0 Å². The van der Waals surface area contributed by atoms with E-state index in [1.807, 2.05) is 6.08 Å². The summed E-state index contributed by atoms with van der Waals surface area (Å²) in [5.74, 6) is -0.0558. The van der Waals surface area contributed by atoms with Gasteiger partial charge in [0.05, 0.1) is 18.8 Å². The van der Waals surface area contributed by atoms with Crippen molar-refractivity contribution in [3.8, 4) is 0 Å². The lowest BCUT2D eigenvalue weighted by Crippen LogP contribution is -2.45. The molecular formula is C57H113NO3. The fraction of sp³-hybridized carbons (Fsp3) is 0.947. The summed E-state index contributed by atoms with van der Waals surface area (Å²) in [6, 6.07) is -0.618. The van der Waals surface area contributed by atoms with E-state index in [1.54, 1.807) is 6.08 Å². The Morgan fingerprint density at radius 2 is 0.607 bits per heavy atom. The van der Waals surface area contributed by atoms with Gasteiger partial charge >= 0.3 is 0 Å². The van der Waals surface area contributed by atoms with Crippen molar-refractivity contribution < 1.29 is 15.0 Å². The smallest absolute Gasteiger partial charge is 0.220 e. The number of allylic oxidation sites excluding steroid dienone is 1. The zero-order chi connectivity index (χ0) is 44.2. The van der Waals surface area contributed by atoms with Crippen LogP contribution in [0.3, 0.4) is 0 Å². The van der Waals surface area contributed by atoms with Gasteiger partial charge in [-0.3, -0.25) is 4.79 Å². The maximum absolute atomic E-state index is 12.5. The van der Waals surface area contributed by atoms with Gasteiger partial charge in [-0.2, -0.15) is 0 Å². The summed E-state index contributed by atoms with van der Waals surface area (Å²) in [5, 5.41) is 23.2. The van der Waals surface area contributed by atoms with Crippen LogP contribution in [0.4, 0.5) is 0 Å². The van der Waals surface area contributed by atoms with Crippen LogP contribution >= 0.6 is 0 Å². The zero-order valence-electron chi connectivity index (χ0n) is 42.0. The van der Waals surface area contributed by atoms with E-state index in [2.05, 4.69) is 19.2 Å². The Morgan fingerprint density at radius 3 is 0.852 bits per heavy atom. The highest BCUT2D eigenvalue weighted by molar-refractivity contribution is 5.76. The number of aliphatic hydroxyl groups excluding tert-OH is 2. The number of nitrogens with one attached hydrogen (secondary N) is 1. The Morgan fingerprint density at radius 1 is 0.377 bits per heavy atom. The molecule has 0 radical (unpaired) electrons. The van der Waals surface area contributed by atoms with Gasteiger partial charge in [0.15, 0.2) is 0 Å². The molecule has 0 saturated carbocycles. The molecule has 2 atom stereocenters. The lowest BCUT2D eigenvalue weighted by Gasteiger charge is -2.20. The molecule has 0 aliphatic heterocycles. The van der Waals surface area contributed by atoms with E-state index in [0.717, 1.165) is 25.7 Å². The molecular weight excluding hydrogens is 747 g/mol. The van der Waals surface area contributed by atoms with Crippen molar-refractivity contribution >= 4 is 5.91 Å². The Hall–Kier alpha value is -0.870. The second-order valence-corrected chi connectivity index (χ2v) is 19.7. The van der Waals surface area contributed by atoms with E-state index in [1.165, 1.54) is 283 Å². The minimum atomic E-state index is -0.835. The number of rotatable bonds is 53. The fourth-order valence-electron chi connectivity index (χ4n) is 9.18. The van der Waals surface area contributed by atoms with E-state index >= 15 is 0 Å². The third kappa shape index (κ3) is 50.0. The Kier molecular flexibility index (Phi) is 52.7. The summed E-state index contributed by atoms with van der Waals surface area (Å²) in [6.45, 7) is 4.35. The van der Waals surface area contributed by atoms with Crippen molar-refractivity contribution in [3.63, 3.8) is 0 Å². The summed E-state index contributed by atoms with van der Waals surface area (Å²) >= 11 is 0. The van der Waals surface area contributed by atoms with Gasteiger partial charge in [0.1, 0.15) is 0 Å². The van der Waals surface area contributed by atoms with E-state index in [0.29, 0.717) is 6.42 Å². The molecule has 0 saturated heterocycles. The van der Waals surface area contributed by atoms with Gasteiger partial charge in [-0.15, -0.1) is 0 Å². The number of unbranched alkanes of at least 4 members (excludes halogenated alkanes) is 46. The van der Waals surface area contributed by atoms with Crippen molar-refractivity contribution in [2.75, 3.05) is 6.61 Å². The van der Waals surface area contributed by atoms with Crippen LogP contribution in [0, 0.1) is 0 Å². The van der Waals surface area contributed by atoms with Crippen molar-refractivity contribution in [2.45, 2.75) is 341 Å². The first-order chi connectivity index (χ1) is 30.2. The molecule has 1 amide bonds. The number of carbonyl (C=O) groups is 1. The molecule has 0 aliphatic carbocycles. The highest BCUT2D eigenvalue weighted by Gasteiger charge is 2.18. The number of carbonyl (C=O) groups excluding carboxylic acids is 1. The SMILES string of the molecule is CCCCCCCCCCCCCCCCCCCCCCCCCCCC/C=C/C(O)C(CO)NC(=O)CCCCCCCCCCCCCCCCCCCCCCC. The molecule has 2 unspecified atom stereocenters. The first kappa shape index (κ1) is 60.1. The van der Waals surface area contributed by atoms with Gasteiger partial charge in [-0.05, 0) is 19.3 Å². The molecule has 0 aromatic carbocycles.